The molecule has 0 aliphatic carbocycles. The number of hydrogen-bond donors (Lipinski definition) is 2. The molecule has 3 N–H and O–H groups in total. The van der Waals surface area contributed by atoms with Crippen molar-refractivity contribution in [2.45, 2.75) is 25.2 Å². The fourth-order valence-electron chi connectivity index (χ4n) is 2.50. The smallest absolute Gasteiger partial charge is 0.334 e. The van der Waals surface area contributed by atoms with Crippen LogP contribution in [0.5, 0.6) is 0 Å². The highest BCUT2D eigenvalue weighted by Gasteiger charge is 2.26. The van der Waals surface area contributed by atoms with Gasteiger partial charge in [-0.05, 0) is 42.6 Å². The molecule has 1 rings (SSSR count). The standard InChI is InChI=1S/C17H30N2O7P2/c1-23-27(21,24-2)12-14-9-15(13-28(22,25-3)26-4)11-16(10-14)17(20)19-8-6-5-7-18/h9-11H,5-8,12-13,18H2,1-4H3,(H,19,20). The Kier molecular flexibility index (Phi) is 10.6. The second-order valence-electron chi connectivity index (χ2n) is 6.06. The summed E-state index contributed by atoms with van der Waals surface area (Å²) < 4.78 is 44.9. The van der Waals surface area contributed by atoms with Crippen molar-refractivity contribution in [2.24, 2.45) is 5.73 Å². The summed E-state index contributed by atoms with van der Waals surface area (Å²) in [6.07, 6.45) is 1.50. The minimum absolute atomic E-state index is 0.0362. The highest BCUT2D eigenvalue weighted by Crippen LogP contribution is 2.52. The van der Waals surface area contributed by atoms with Gasteiger partial charge >= 0.3 is 15.2 Å². The van der Waals surface area contributed by atoms with Gasteiger partial charge in [-0.2, -0.15) is 0 Å². The molecule has 0 atom stereocenters. The van der Waals surface area contributed by atoms with Crippen LogP contribution in [0.3, 0.4) is 0 Å². The van der Waals surface area contributed by atoms with Crippen LogP contribution in [-0.4, -0.2) is 47.4 Å². The number of benzene rings is 1. The molecular formula is C17H30N2O7P2. The van der Waals surface area contributed by atoms with Crippen molar-refractivity contribution >= 4 is 21.1 Å². The van der Waals surface area contributed by atoms with Gasteiger partial charge in [-0.1, -0.05) is 6.07 Å². The van der Waals surface area contributed by atoms with E-state index < -0.39 is 15.2 Å². The van der Waals surface area contributed by atoms with Crippen LogP contribution >= 0.6 is 15.2 Å². The molecule has 0 aliphatic rings. The minimum Gasteiger partial charge on any atom is -0.352 e. The number of nitrogens with one attached hydrogen (secondary N) is 1. The number of hydrogen-bond acceptors (Lipinski definition) is 8. The highest BCUT2D eigenvalue weighted by atomic mass is 31.2. The summed E-state index contributed by atoms with van der Waals surface area (Å²) in [6.45, 7) is 1.04. The van der Waals surface area contributed by atoms with Crippen molar-refractivity contribution in [2.75, 3.05) is 41.5 Å². The lowest BCUT2D eigenvalue weighted by atomic mass is 10.1. The van der Waals surface area contributed by atoms with Crippen molar-refractivity contribution < 1.29 is 32.0 Å². The Morgan fingerprint density at radius 2 is 1.36 bits per heavy atom. The summed E-state index contributed by atoms with van der Waals surface area (Å²) in [6, 6.07) is 4.90. The molecule has 0 heterocycles. The molecule has 0 saturated heterocycles. The molecule has 0 radical (unpaired) electrons. The quantitative estimate of drug-likeness (QED) is 0.357. The first-order valence-electron chi connectivity index (χ1n) is 8.77. The number of rotatable bonds is 13. The normalized spacial score (nSPS) is 12.2. The predicted molar refractivity (Wildman–Crippen MR) is 108 cm³/mol. The van der Waals surface area contributed by atoms with E-state index in [0.717, 1.165) is 12.8 Å². The summed E-state index contributed by atoms with van der Waals surface area (Å²) in [5, 5.41) is 2.81. The molecule has 28 heavy (non-hydrogen) atoms. The number of amides is 1. The summed E-state index contributed by atoms with van der Waals surface area (Å²) in [5.41, 5.74) is 6.90. The lowest BCUT2D eigenvalue weighted by Gasteiger charge is -2.17. The van der Waals surface area contributed by atoms with Crippen LogP contribution in [0, 0.1) is 0 Å². The molecule has 1 amide bonds. The van der Waals surface area contributed by atoms with Crippen molar-refractivity contribution in [1.82, 2.24) is 5.32 Å². The van der Waals surface area contributed by atoms with E-state index >= 15 is 0 Å². The fraction of sp³-hybridized carbons (Fsp3) is 0.588. The van der Waals surface area contributed by atoms with Gasteiger partial charge in [-0.25, -0.2) is 0 Å². The monoisotopic (exact) mass is 436 g/mol. The lowest BCUT2D eigenvalue weighted by Crippen LogP contribution is -2.25. The molecule has 0 aliphatic heterocycles. The maximum absolute atomic E-state index is 12.5. The van der Waals surface area contributed by atoms with Gasteiger partial charge in [-0.15, -0.1) is 0 Å². The third kappa shape index (κ3) is 7.76. The predicted octanol–water partition coefficient (Wildman–Crippen LogP) is 3.13. The molecule has 160 valence electrons. The zero-order valence-electron chi connectivity index (χ0n) is 16.8. The Hall–Kier alpha value is -1.05. The maximum Gasteiger partial charge on any atom is 0.334 e. The summed E-state index contributed by atoms with van der Waals surface area (Å²) >= 11 is 0. The molecule has 1 aromatic rings. The average Bonchev–Trinajstić information content (AvgIpc) is 2.70. The molecule has 0 bridgehead atoms. The number of unbranched alkanes of at least 4 members (excludes halogenated alkanes) is 1. The first kappa shape index (κ1) is 25.0. The van der Waals surface area contributed by atoms with E-state index in [2.05, 4.69) is 5.32 Å². The molecule has 0 spiro atoms. The van der Waals surface area contributed by atoms with Gasteiger partial charge in [0.2, 0.25) is 0 Å². The Labute approximate surface area is 166 Å². The lowest BCUT2D eigenvalue weighted by molar-refractivity contribution is 0.0952. The van der Waals surface area contributed by atoms with E-state index in [1.807, 2.05) is 0 Å². The van der Waals surface area contributed by atoms with Crippen LogP contribution in [0.4, 0.5) is 0 Å². The molecule has 1 aromatic carbocycles. The third-order valence-electron chi connectivity index (χ3n) is 4.10. The Morgan fingerprint density at radius 3 is 1.75 bits per heavy atom. The Bertz CT molecular complexity index is 680. The SMILES string of the molecule is COP(=O)(Cc1cc(CP(=O)(OC)OC)cc(C(=O)NCCCCN)c1)OC. The van der Waals surface area contributed by atoms with Crippen LogP contribution in [-0.2, 0) is 39.5 Å². The van der Waals surface area contributed by atoms with Gasteiger partial charge in [0.1, 0.15) is 0 Å². The summed E-state index contributed by atoms with van der Waals surface area (Å²) in [7, 11) is -1.51. The number of carbonyl (C=O) groups is 1. The van der Waals surface area contributed by atoms with Gasteiger partial charge in [0.15, 0.2) is 0 Å². The van der Waals surface area contributed by atoms with E-state index in [1.54, 1.807) is 18.2 Å². The van der Waals surface area contributed by atoms with E-state index in [4.69, 9.17) is 23.8 Å². The molecule has 11 heteroatoms. The van der Waals surface area contributed by atoms with Crippen molar-refractivity contribution in [1.29, 1.82) is 0 Å². The van der Waals surface area contributed by atoms with Crippen LogP contribution < -0.4 is 11.1 Å². The number of carbonyl (C=O) groups excluding carboxylic acids is 1. The number of nitrogens with two attached hydrogens (primary N) is 1. The molecule has 0 saturated carbocycles. The van der Waals surface area contributed by atoms with Gasteiger partial charge < -0.3 is 29.1 Å². The molecule has 0 unspecified atom stereocenters. The highest BCUT2D eigenvalue weighted by molar-refractivity contribution is 7.53. The van der Waals surface area contributed by atoms with Crippen molar-refractivity contribution in [3.05, 3.63) is 34.9 Å². The third-order valence-corrected chi connectivity index (χ3v) is 7.83. The van der Waals surface area contributed by atoms with E-state index in [-0.39, 0.29) is 18.2 Å². The average molecular weight is 436 g/mol. The Balaban J connectivity index is 3.17. The van der Waals surface area contributed by atoms with Gasteiger partial charge in [0.05, 0.1) is 12.3 Å². The first-order valence-corrected chi connectivity index (χ1v) is 12.2. The van der Waals surface area contributed by atoms with E-state index in [1.165, 1.54) is 28.4 Å². The topological polar surface area (TPSA) is 126 Å². The van der Waals surface area contributed by atoms with Gasteiger partial charge in [-0.3, -0.25) is 13.9 Å². The second kappa shape index (κ2) is 11.8. The van der Waals surface area contributed by atoms with Gasteiger partial charge in [0.25, 0.3) is 5.91 Å². The summed E-state index contributed by atoms with van der Waals surface area (Å²) in [5.74, 6) is -0.297. The molecule has 9 nitrogen and oxygen atoms in total. The zero-order chi connectivity index (χ0) is 21.2. The molecule has 0 fully saturated rings. The molecule has 0 aromatic heterocycles. The fourth-order valence-corrected chi connectivity index (χ4v) is 4.58. The molecular weight excluding hydrogens is 406 g/mol. The maximum atomic E-state index is 12.5. The Morgan fingerprint density at radius 1 is 0.893 bits per heavy atom. The second-order valence-corrected chi connectivity index (χ2v) is 10.6. The summed E-state index contributed by atoms with van der Waals surface area (Å²) in [4.78, 5) is 12.5. The van der Waals surface area contributed by atoms with Crippen LogP contribution in [0.15, 0.2) is 18.2 Å². The largest absolute Gasteiger partial charge is 0.352 e. The van der Waals surface area contributed by atoms with Gasteiger partial charge in [0, 0.05) is 40.5 Å². The minimum atomic E-state index is -3.35. The van der Waals surface area contributed by atoms with Crippen molar-refractivity contribution in [3.8, 4) is 0 Å². The van der Waals surface area contributed by atoms with E-state index in [9.17, 15) is 13.9 Å². The first-order chi connectivity index (χ1) is 13.2. The van der Waals surface area contributed by atoms with Crippen LogP contribution in [0.1, 0.15) is 34.3 Å². The van der Waals surface area contributed by atoms with E-state index in [0.29, 0.717) is 29.8 Å². The van der Waals surface area contributed by atoms with Crippen molar-refractivity contribution in [3.63, 3.8) is 0 Å². The zero-order valence-corrected chi connectivity index (χ0v) is 18.6. The van der Waals surface area contributed by atoms with Crippen LogP contribution in [0.2, 0.25) is 0 Å². The van der Waals surface area contributed by atoms with Crippen LogP contribution in [0.25, 0.3) is 0 Å².